The van der Waals surface area contributed by atoms with Crippen LogP contribution in [0.2, 0.25) is 0 Å². The van der Waals surface area contributed by atoms with Gasteiger partial charge in [0.05, 0.1) is 11.7 Å². The lowest BCUT2D eigenvalue weighted by atomic mass is 10.0. The zero-order valence-electron chi connectivity index (χ0n) is 18.2. The molecule has 0 bridgehead atoms. The van der Waals surface area contributed by atoms with E-state index < -0.39 is 0 Å². The summed E-state index contributed by atoms with van der Waals surface area (Å²) in [6.07, 6.45) is 0.728. The lowest BCUT2D eigenvalue weighted by Gasteiger charge is -2.14. The lowest BCUT2D eigenvalue weighted by molar-refractivity contribution is -0.136. The van der Waals surface area contributed by atoms with E-state index >= 15 is 0 Å². The monoisotopic (exact) mass is 421 g/mol. The van der Waals surface area contributed by atoms with Gasteiger partial charge in [0.2, 0.25) is 5.91 Å². The van der Waals surface area contributed by atoms with E-state index in [-0.39, 0.29) is 29.5 Å². The van der Waals surface area contributed by atoms with Crippen LogP contribution >= 0.6 is 0 Å². The molecule has 1 heterocycles. The highest BCUT2D eigenvalue weighted by Crippen LogP contribution is 2.31. The number of rotatable bonds is 8. The van der Waals surface area contributed by atoms with Gasteiger partial charge < -0.3 is 15.4 Å². The highest BCUT2D eigenvalue weighted by Gasteiger charge is 2.38. The van der Waals surface area contributed by atoms with Crippen LogP contribution in [0.4, 0.5) is 11.4 Å². The number of ether oxygens (including phenoxy) is 1. The predicted octanol–water partition coefficient (Wildman–Crippen LogP) is 4.03. The normalized spacial score (nSPS) is 13.8. The highest BCUT2D eigenvalue weighted by atomic mass is 16.5. The Morgan fingerprint density at radius 1 is 0.968 bits per heavy atom. The van der Waals surface area contributed by atoms with E-state index in [9.17, 15) is 14.4 Å². The number of imide groups is 1. The third-order valence-corrected chi connectivity index (χ3v) is 4.60. The van der Waals surface area contributed by atoms with Gasteiger partial charge in [0.1, 0.15) is 11.4 Å². The maximum atomic E-state index is 13.1. The predicted molar refractivity (Wildman–Crippen MR) is 121 cm³/mol. The number of benzene rings is 2. The molecule has 2 aromatic carbocycles. The molecule has 3 amide bonds. The van der Waals surface area contributed by atoms with Crippen molar-refractivity contribution < 1.29 is 19.1 Å². The Kier molecular flexibility index (Phi) is 6.74. The SMILES string of the molecule is CCCN1C(=O)C(Nc2ccc(OC(C)C)cc2)=C(c2ccc(NC(C)=O)cc2)C1=O. The topological polar surface area (TPSA) is 87.7 Å². The van der Waals surface area contributed by atoms with Crippen LogP contribution < -0.4 is 15.4 Å². The molecule has 0 spiro atoms. The summed E-state index contributed by atoms with van der Waals surface area (Å²) in [4.78, 5) is 38.6. The molecule has 0 saturated heterocycles. The molecule has 0 unspecified atom stereocenters. The first-order valence-corrected chi connectivity index (χ1v) is 10.3. The molecule has 0 saturated carbocycles. The first-order valence-electron chi connectivity index (χ1n) is 10.3. The Balaban J connectivity index is 1.95. The van der Waals surface area contributed by atoms with Crippen LogP contribution in [-0.2, 0) is 14.4 Å². The average molecular weight is 421 g/mol. The molecule has 162 valence electrons. The van der Waals surface area contributed by atoms with Gasteiger partial charge in [0.25, 0.3) is 11.8 Å². The smallest absolute Gasteiger partial charge is 0.278 e. The van der Waals surface area contributed by atoms with E-state index in [1.54, 1.807) is 24.3 Å². The molecule has 0 aromatic heterocycles. The fourth-order valence-electron chi connectivity index (χ4n) is 3.34. The standard InChI is InChI=1S/C24H27N3O4/c1-5-14-27-23(29)21(17-6-8-18(9-7-17)25-16(4)28)22(24(27)30)26-19-10-12-20(13-11-19)31-15(2)3/h6-13,15,26H,5,14H2,1-4H3,(H,25,28). The summed E-state index contributed by atoms with van der Waals surface area (Å²) in [5.41, 5.74) is 2.46. The summed E-state index contributed by atoms with van der Waals surface area (Å²) in [5, 5.41) is 5.82. The number of carbonyl (C=O) groups excluding carboxylic acids is 3. The second-order valence-electron chi connectivity index (χ2n) is 7.59. The lowest BCUT2D eigenvalue weighted by Crippen LogP contribution is -2.33. The third-order valence-electron chi connectivity index (χ3n) is 4.60. The molecule has 31 heavy (non-hydrogen) atoms. The molecule has 2 aromatic rings. The van der Waals surface area contributed by atoms with Crippen LogP contribution in [0.3, 0.4) is 0 Å². The van der Waals surface area contributed by atoms with Crippen LogP contribution in [0.5, 0.6) is 5.75 Å². The molecule has 3 rings (SSSR count). The van der Waals surface area contributed by atoms with Crippen molar-refractivity contribution in [3.05, 3.63) is 59.8 Å². The van der Waals surface area contributed by atoms with Crippen molar-refractivity contribution >= 4 is 34.7 Å². The van der Waals surface area contributed by atoms with Gasteiger partial charge in [-0.3, -0.25) is 19.3 Å². The molecule has 0 aliphatic carbocycles. The fourth-order valence-corrected chi connectivity index (χ4v) is 3.34. The van der Waals surface area contributed by atoms with Crippen LogP contribution in [0.1, 0.15) is 39.7 Å². The van der Waals surface area contributed by atoms with E-state index in [1.807, 2.05) is 45.0 Å². The molecule has 0 atom stereocenters. The maximum Gasteiger partial charge on any atom is 0.278 e. The van der Waals surface area contributed by atoms with Gasteiger partial charge in [-0.05, 0) is 62.2 Å². The van der Waals surface area contributed by atoms with Crippen molar-refractivity contribution in [2.45, 2.75) is 40.2 Å². The molecule has 2 N–H and O–H groups in total. The van der Waals surface area contributed by atoms with E-state index in [2.05, 4.69) is 10.6 Å². The average Bonchev–Trinajstić information content (AvgIpc) is 2.94. The second-order valence-corrected chi connectivity index (χ2v) is 7.59. The van der Waals surface area contributed by atoms with Crippen LogP contribution in [0.15, 0.2) is 54.2 Å². The number of anilines is 2. The van der Waals surface area contributed by atoms with E-state index in [0.29, 0.717) is 35.5 Å². The summed E-state index contributed by atoms with van der Waals surface area (Å²) >= 11 is 0. The van der Waals surface area contributed by atoms with Crippen molar-refractivity contribution in [3.8, 4) is 5.75 Å². The quantitative estimate of drug-likeness (QED) is 0.628. The van der Waals surface area contributed by atoms with E-state index in [4.69, 9.17) is 4.74 Å². The first-order chi connectivity index (χ1) is 14.8. The van der Waals surface area contributed by atoms with Gasteiger partial charge in [-0.25, -0.2) is 0 Å². The van der Waals surface area contributed by atoms with Crippen LogP contribution in [0.25, 0.3) is 5.57 Å². The van der Waals surface area contributed by atoms with E-state index in [1.165, 1.54) is 11.8 Å². The Hall–Kier alpha value is -3.61. The van der Waals surface area contributed by atoms with Gasteiger partial charge in [-0.15, -0.1) is 0 Å². The minimum Gasteiger partial charge on any atom is -0.491 e. The van der Waals surface area contributed by atoms with Crippen molar-refractivity contribution in [1.29, 1.82) is 0 Å². The minimum absolute atomic E-state index is 0.0604. The second kappa shape index (κ2) is 9.47. The van der Waals surface area contributed by atoms with Gasteiger partial charge in [-0.1, -0.05) is 19.1 Å². The van der Waals surface area contributed by atoms with Crippen molar-refractivity contribution in [3.63, 3.8) is 0 Å². The zero-order chi connectivity index (χ0) is 22.5. The summed E-state index contributed by atoms with van der Waals surface area (Å²) in [6, 6.07) is 14.1. The molecule has 1 aliphatic rings. The number of nitrogens with one attached hydrogen (secondary N) is 2. The Morgan fingerprint density at radius 3 is 2.13 bits per heavy atom. The molecule has 7 heteroatoms. The Bertz CT molecular complexity index is 1010. The molecule has 0 fully saturated rings. The molecular weight excluding hydrogens is 394 g/mol. The minimum atomic E-state index is -0.352. The van der Waals surface area contributed by atoms with Crippen molar-refractivity contribution in [2.75, 3.05) is 17.2 Å². The fraction of sp³-hybridized carbons (Fsp3) is 0.292. The van der Waals surface area contributed by atoms with Crippen molar-refractivity contribution in [1.82, 2.24) is 4.90 Å². The van der Waals surface area contributed by atoms with Gasteiger partial charge >= 0.3 is 0 Å². The van der Waals surface area contributed by atoms with E-state index in [0.717, 1.165) is 5.75 Å². The Morgan fingerprint density at radius 2 is 1.58 bits per heavy atom. The summed E-state index contributed by atoms with van der Waals surface area (Å²) in [6.45, 7) is 7.59. The van der Waals surface area contributed by atoms with Gasteiger partial charge in [0.15, 0.2) is 0 Å². The van der Waals surface area contributed by atoms with Crippen LogP contribution in [0, 0.1) is 0 Å². The summed E-state index contributed by atoms with van der Waals surface area (Å²) in [5.74, 6) is -0.137. The summed E-state index contributed by atoms with van der Waals surface area (Å²) < 4.78 is 5.66. The molecule has 0 radical (unpaired) electrons. The molecule has 1 aliphatic heterocycles. The van der Waals surface area contributed by atoms with Gasteiger partial charge in [0, 0.05) is 24.8 Å². The van der Waals surface area contributed by atoms with Crippen molar-refractivity contribution in [2.24, 2.45) is 0 Å². The summed E-state index contributed by atoms with van der Waals surface area (Å²) in [7, 11) is 0. The zero-order valence-corrected chi connectivity index (χ0v) is 18.2. The number of hydrogen-bond acceptors (Lipinski definition) is 5. The number of nitrogens with zero attached hydrogens (tertiary/aromatic N) is 1. The third kappa shape index (κ3) is 5.12. The maximum absolute atomic E-state index is 13.1. The number of hydrogen-bond donors (Lipinski definition) is 2. The molecular formula is C24H27N3O4. The largest absolute Gasteiger partial charge is 0.491 e. The molecule has 7 nitrogen and oxygen atoms in total. The first kappa shape index (κ1) is 22.1. The number of amides is 3. The number of carbonyl (C=O) groups is 3. The Labute approximate surface area is 182 Å². The van der Waals surface area contributed by atoms with Crippen LogP contribution in [-0.4, -0.2) is 35.3 Å². The highest BCUT2D eigenvalue weighted by molar-refractivity contribution is 6.36. The van der Waals surface area contributed by atoms with Gasteiger partial charge in [-0.2, -0.15) is 0 Å².